The maximum absolute atomic E-state index is 9.80. The molecule has 0 saturated carbocycles. The number of phenols is 2. The molecule has 5 heteroatoms. The molecule has 0 aliphatic rings. The number of phenolic OH excluding ortho intramolecular Hbond substituents is 2. The van der Waals surface area contributed by atoms with Crippen molar-refractivity contribution in [3.8, 4) is 23.0 Å². The molecule has 19 heavy (non-hydrogen) atoms. The fraction of sp³-hybridized carbons (Fsp3) is 0.143. The molecule has 3 aromatic rings. The number of rotatable bonds is 2. The monoisotopic (exact) mass is 260 g/mol. The van der Waals surface area contributed by atoms with Crippen LogP contribution < -0.4 is 9.47 Å². The third-order valence-electron chi connectivity index (χ3n) is 3.07. The van der Waals surface area contributed by atoms with Gasteiger partial charge < -0.3 is 24.1 Å². The van der Waals surface area contributed by atoms with Crippen molar-refractivity contribution in [2.45, 2.75) is 0 Å². The number of hydrogen-bond donors (Lipinski definition) is 2. The van der Waals surface area contributed by atoms with Gasteiger partial charge in [-0.3, -0.25) is 0 Å². The average Bonchev–Trinajstić information content (AvgIpc) is 2.73. The minimum atomic E-state index is 0.0213. The molecule has 0 atom stereocenters. The van der Waals surface area contributed by atoms with Gasteiger partial charge in [0.15, 0.2) is 23.0 Å². The van der Waals surface area contributed by atoms with Gasteiger partial charge in [0, 0.05) is 22.9 Å². The number of benzene rings is 2. The molecule has 0 unspecified atom stereocenters. The molecule has 5 nitrogen and oxygen atoms in total. The Morgan fingerprint density at radius 3 is 1.58 bits per heavy atom. The van der Waals surface area contributed by atoms with E-state index < -0.39 is 0 Å². The Labute approximate surface area is 108 Å². The number of aromatic hydroxyl groups is 2. The van der Waals surface area contributed by atoms with E-state index >= 15 is 0 Å². The zero-order valence-electron chi connectivity index (χ0n) is 10.4. The number of hydrogen-bond acceptors (Lipinski definition) is 5. The topological polar surface area (TPSA) is 72.1 Å². The largest absolute Gasteiger partial charge is 0.504 e. The third-order valence-corrected chi connectivity index (χ3v) is 3.07. The van der Waals surface area contributed by atoms with Gasteiger partial charge in [-0.05, 0) is 12.1 Å². The normalized spacial score (nSPS) is 11.1. The van der Waals surface area contributed by atoms with Crippen LogP contribution in [-0.2, 0) is 0 Å². The van der Waals surface area contributed by atoms with E-state index in [9.17, 15) is 10.2 Å². The Morgan fingerprint density at radius 1 is 0.789 bits per heavy atom. The van der Waals surface area contributed by atoms with E-state index in [2.05, 4.69) is 0 Å². The summed E-state index contributed by atoms with van der Waals surface area (Å²) in [6, 6.07) is 6.31. The molecule has 0 aliphatic carbocycles. The van der Waals surface area contributed by atoms with E-state index in [1.165, 1.54) is 14.2 Å². The molecule has 0 bridgehead atoms. The molecule has 2 N–H and O–H groups in total. The van der Waals surface area contributed by atoms with E-state index in [0.717, 1.165) is 0 Å². The second-order valence-corrected chi connectivity index (χ2v) is 4.14. The highest BCUT2D eigenvalue weighted by atomic mass is 16.5. The Morgan fingerprint density at radius 2 is 1.21 bits per heavy atom. The van der Waals surface area contributed by atoms with Gasteiger partial charge in [0.2, 0.25) is 0 Å². The fourth-order valence-corrected chi connectivity index (χ4v) is 2.13. The van der Waals surface area contributed by atoms with Gasteiger partial charge in [-0.15, -0.1) is 0 Å². The van der Waals surface area contributed by atoms with E-state index in [4.69, 9.17) is 13.9 Å². The summed E-state index contributed by atoms with van der Waals surface area (Å²) in [4.78, 5) is 0. The van der Waals surface area contributed by atoms with Gasteiger partial charge in [-0.1, -0.05) is 0 Å². The summed E-state index contributed by atoms with van der Waals surface area (Å²) < 4.78 is 15.7. The lowest BCUT2D eigenvalue weighted by Crippen LogP contribution is -1.83. The zero-order chi connectivity index (χ0) is 13.6. The molecular formula is C14H12O5. The Bertz CT molecular complexity index is 708. The lowest BCUT2D eigenvalue weighted by atomic mass is 10.1. The van der Waals surface area contributed by atoms with Crippen LogP contribution in [0.5, 0.6) is 23.0 Å². The van der Waals surface area contributed by atoms with Crippen LogP contribution in [0.15, 0.2) is 28.7 Å². The first kappa shape index (κ1) is 11.5. The summed E-state index contributed by atoms with van der Waals surface area (Å²) >= 11 is 0. The van der Waals surface area contributed by atoms with Crippen LogP contribution in [-0.4, -0.2) is 24.4 Å². The van der Waals surface area contributed by atoms with Crippen molar-refractivity contribution < 1.29 is 24.1 Å². The molecule has 0 amide bonds. The van der Waals surface area contributed by atoms with Gasteiger partial charge >= 0.3 is 0 Å². The van der Waals surface area contributed by atoms with Gasteiger partial charge in [-0.2, -0.15) is 0 Å². The lowest BCUT2D eigenvalue weighted by molar-refractivity contribution is 0.373. The third kappa shape index (κ3) is 1.62. The minimum Gasteiger partial charge on any atom is -0.504 e. The fourth-order valence-electron chi connectivity index (χ4n) is 2.13. The van der Waals surface area contributed by atoms with Crippen molar-refractivity contribution in [3.05, 3.63) is 24.3 Å². The quantitative estimate of drug-likeness (QED) is 0.741. The van der Waals surface area contributed by atoms with Crippen LogP contribution in [0.25, 0.3) is 21.9 Å². The highest BCUT2D eigenvalue weighted by molar-refractivity contribution is 6.07. The predicted octanol–water partition coefficient (Wildman–Crippen LogP) is 3.01. The van der Waals surface area contributed by atoms with Gasteiger partial charge in [0.25, 0.3) is 0 Å². The number of fused-ring (bicyclic) bond motifs is 3. The lowest BCUT2D eigenvalue weighted by Gasteiger charge is -2.02. The molecule has 98 valence electrons. The smallest absolute Gasteiger partial charge is 0.164 e. The van der Waals surface area contributed by atoms with Crippen molar-refractivity contribution in [1.82, 2.24) is 0 Å². The summed E-state index contributed by atoms with van der Waals surface area (Å²) in [5, 5.41) is 21.0. The van der Waals surface area contributed by atoms with E-state index in [1.807, 2.05) is 0 Å². The van der Waals surface area contributed by atoms with E-state index in [-0.39, 0.29) is 11.5 Å². The number of ether oxygens (including phenoxy) is 2. The average molecular weight is 260 g/mol. The molecule has 1 aromatic heterocycles. The molecule has 0 saturated heterocycles. The highest BCUT2D eigenvalue weighted by Crippen LogP contribution is 2.40. The molecule has 0 aliphatic heterocycles. The van der Waals surface area contributed by atoms with Gasteiger partial charge in [0.1, 0.15) is 11.2 Å². The van der Waals surface area contributed by atoms with Crippen molar-refractivity contribution in [2.75, 3.05) is 14.2 Å². The Hall–Kier alpha value is -2.56. The standard InChI is InChI=1S/C14H12O5/c1-17-13-5-11-7(3-9(13)15)8-4-10(16)14(18-2)6-12(8)19-11/h3-6,15-16H,1-2H3. The second kappa shape index (κ2) is 3.98. The molecule has 3 rings (SSSR count). The molecule has 0 spiro atoms. The summed E-state index contributed by atoms with van der Waals surface area (Å²) in [5.41, 5.74) is 1.13. The summed E-state index contributed by atoms with van der Waals surface area (Å²) in [6.45, 7) is 0. The van der Waals surface area contributed by atoms with Crippen molar-refractivity contribution in [3.63, 3.8) is 0 Å². The molecule has 0 radical (unpaired) electrons. The Balaban J connectivity index is 2.39. The molecule has 0 fully saturated rings. The van der Waals surface area contributed by atoms with Crippen LogP contribution in [0, 0.1) is 0 Å². The minimum absolute atomic E-state index is 0.0213. The van der Waals surface area contributed by atoms with Crippen LogP contribution in [0.3, 0.4) is 0 Å². The van der Waals surface area contributed by atoms with Crippen molar-refractivity contribution >= 4 is 21.9 Å². The first-order chi connectivity index (χ1) is 9.13. The highest BCUT2D eigenvalue weighted by Gasteiger charge is 2.14. The SMILES string of the molecule is COc1cc2oc3cc(OC)c(O)cc3c2cc1O. The van der Waals surface area contributed by atoms with Gasteiger partial charge in [0.05, 0.1) is 14.2 Å². The van der Waals surface area contributed by atoms with Crippen LogP contribution in [0.2, 0.25) is 0 Å². The van der Waals surface area contributed by atoms with Crippen LogP contribution in [0.1, 0.15) is 0 Å². The molecular weight excluding hydrogens is 248 g/mol. The van der Waals surface area contributed by atoms with Crippen LogP contribution >= 0.6 is 0 Å². The molecule has 1 heterocycles. The second-order valence-electron chi connectivity index (χ2n) is 4.14. The first-order valence-corrected chi connectivity index (χ1v) is 5.64. The zero-order valence-corrected chi connectivity index (χ0v) is 10.4. The number of methoxy groups -OCH3 is 2. The summed E-state index contributed by atoms with van der Waals surface area (Å²) in [7, 11) is 2.94. The first-order valence-electron chi connectivity index (χ1n) is 5.64. The summed E-state index contributed by atoms with van der Waals surface area (Å²) in [6.07, 6.45) is 0. The van der Waals surface area contributed by atoms with Crippen LogP contribution in [0.4, 0.5) is 0 Å². The predicted molar refractivity (Wildman–Crippen MR) is 70.2 cm³/mol. The van der Waals surface area contributed by atoms with Gasteiger partial charge in [-0.25, -0.2) is 0 Å². The Kier molecular flexibility index (Phi) is 2.41. The number of furan rings is 1. The maximum Gasteiger partial charge on any atom is 0.164 e. The van der Waals surface area contributed by atoms with E-state index in [0.29, 0.717) is 33.4 Å². The summed E-state index contributed by atoms with van der Waals surface area (Å²) in [5.74, 6) is 0.714. The van der Waals surface area contributed by atoms with E-state index in [1.54, 1.807) is 24.3 Å². The van der Waals surface area contributed by atoms with Crippen molar-refractivity contribution in [2.24, 2.45) is 0 Å². The van der Waals surface area contributed by atoms with Crippen molar-refractivity contribution in [1.29, 1.82) is 0 Å². The maximum atomic E-state index is 9.80. The molecule has 2 aromatic carbocycles.